The maximum atomic E-state index is 12.0. The maximum Gasteiger partial charge on any atom is 0.156 e. The Morgan fingerprint density at radius 2 is 1.89 bits per heavy atom. The van der Waals surface area contributed by atoms with Crippen LogP contribution in [0.15, 0.2) is 47.1 Å². The van der Waals surface area contributed by atoms with Gasteiger partial charge in [0.15, 0.2) is 5.78 Å². The molecule has 4 aliphatic rings. The topological polar surface area (TPSA) is 34.1 Å². The van der Waals surface area contributed by atoms with Gasteiger partial charge in [-0.05, 0) is 78.6 Å². The van der Waals surface area contributed by atoms with Crippen LogP contribution in [0.25, 0.3) is 0 Å². The van der Waals surface area contributed by atoms with Crippen LogP contribution < -0.4 is 0 Å². The number of carbonyl (C=O) groups is 2. The van der Waals surface area contributed by atoms with Crippen molar-refractivity contribution in [2.75, 3.05) is 0 Å². The molecule has 2 saturated carbocycles. The Kier molecular flexibility index (Phi) is 4.00. The average Bonchev–Trinajstić information content (AvgIpc) is 3.08. The Labute approximate surface area is 161 Å². The minimum atomic E-state index is 0.307. The first-order valence-electron chi connectivity index (χ1n) is 10.6. The van der Waals surface area contributed by atoms with Crippen molar-refractivity contribution in [1.29, 1.82) is 0 Å². The van der Waals surface area contributed by atoms with Crippen LogP contribution in [-0.2, 0) is 4.79 Å². The van der Waals surface area contributed by atoms with Crippen LogP contribution in [0.3, 0.4) is 0 Å². The first-order chi connectivity index (χ1) is 13.1. The van der Waals surface area contributed by atoms with Gasteiger partial charge in [-0.1, -0.05) is 43.2 Å². The lowest BCUT2D eigenvalue weighted by Crippen LogP contribution is -2.40. The Morgan fingerprint density at radius 3 is 2.67 bits per heavy atom. The van der Waals surface area contributed by atoms with E-state index in [-0.39, 0.29) is 0 Å². The fraction of sp³-hybridized carbons (Fsp3) is 0.520. The minimum Gasteiger partial charge on any atom is -0.298 e. The average molecular weight is 360 g/mol. The van der Waals surface area contributed by atoms with Crippen molar-refractivity contribution in [1.82, 2.24) is 0 Å². The highest BCUT2D eigenvalue weighted by molar-refractivity contribution is 5.93. The molecule has 0 unspecified atom stereocenters. The molecule has 0 heterocycles. The van der Waals surface area contributed by atoms with E-state index in [1.165, 1.54) is 48.8 Å². The van der Waals surface area contributed by atoms with Crippen molar-refractivity contribution in [2.45, 2.75) is 64.2 Å². The molecule has 1 aromatic carbocycles. The van der Waals surface area contributed by atoms with Crippen molar-refractivity contribution >= 4 is 12.1 Å². The van der Waals surface area contributed by atoms with Gasteiger partial charge in [0, 0.05) is 17.9 Å². The SMILES string of the molecule is C[C@@]12CCC[C@H]1[C@@H]1CCC3=CC(=O)CCC3=C1[C@@H](c1ccc(C=O)cc1)C2. The Hall–Kier alpha value is -1.96. The largest absolute Gasteiger partial charge is 0.298 e. The normalized spacial score (nSPS) is 35.2. The van der Waals surface area contributed by atoms with E-state index in [1.54, 1.807) is 5.57 Å². The summed E-state index contributed by atoms with van der Waals surface area (Å²) in [6.07, 6.45) is 12.1. The first kappa shape index (κ1) is 17.2. The van der Waals surface area contributed by atoms with Crippen molar-refractivity contribution in [3.63, 3.8) is 0 Å². The maximum absolute atomic E-state index is 12.0. The van der Waals surface area contributed by atoms with E-state index in [4.69, 9.17) is 0 Å². The number of rotatable bonds is 2. The van der Waals surface area contributed by atoms with Crippen LogP contribution in [0.5, 0.6) is 0 Å². The summed E-state index contributed by atoms with van der Waals surface area (Å²) < 4.78 is 0. The van der Waals surface area contributed by atoms with Gasteiger partial charge in [-0.3, -0.25) is 9.59 Å². The summed E-state index contributed by atoms with van der Waals surface area (Å²) in [6.45, 7) is 2.52. The lowest BCUT2D eigenvalue weighted by Gasteiger charge is -2.51. The molecule has 5 rings (SSSR count). The zero-order valence-electron chi connectivity index (χ0n) is 16.2. The van der Waals surface area contributed by atoms with Crippen LogP contribution in [0.2, 0.25) is 0 Å². The summed E-state index contributed by atoms with van der Waals surface area (Å²) in [6, 6.07) is 8.28. The van der Waals surface area contributed by atoms with Crippen LogP contribution in [-0.4, -0.2) is 12.1 Å². The van der Waals surface area contributed by atoms with E-state index in [1.807, 2.05) is 18.2 Å². The highest BCUT2D eigenvalue weighted by atomic mass is 16.1. The van der Waals surface area contributed by atoms with Crippen molar-refractivity contribution in [3.05, 3.63) is 58.2 Å². The van der Waals surface area contributed by atoms with E-state index in [0.29, 0.717) is 29.5 Å². The lowest BCUT2D eigenvalue weighted by molar-refractivity contribution is -0.114. The molecule has 27 heavy (non-hydrogen) atoms. The number of carbonyl (C=O) groups excluding carboxylic acids is 2. The van der Waals surface area contributed by atoms with Gasteiger partial charge in [-0.15, -0.1) is 0 Å². The Balaban J connectivity index is 1.66. The molecule has 1 aromatic rings. The van der Waals surface area contributed by atoms with Crippen LogP contribution in [0.4, 0.5) is 0 Å². The van der Waals surface area contributed by atoms with Gasteiger partial charge in [0.25, 0.3) is 0 Å². The molecule has 2 nitrogen and oxygen atoms in total. The molecular formula is C25H28O2. The summed E-state index contributed by atoms with van der Waals surface area (Å²) in [5.74, 6) is 2.25. The summed E-state index contributed by atoms with van der Waals surface area (Å²) in [7, 11) is 0. The molecule has 4 aliphatic carbocycles. The zero-order chi connectivity index (χ0) is 18.6. The van der Waals surface area contributed by atoms with E-state index in [0.717, 1.165) is 30.6 Å². The molecule has 4 atom stereocenters. The van der Waals surface area contributed by atoms with Gasteiger partial charge in [0.1, 0.15) is 6.29 Å². The third kappa shape index (κ3) is 2.68. The van der Waals surface area contributed by atoms with Gasteiger partial charge < -0.3 is 0 Å². The molecule has 0 amide bonds. The van der Waals surface area contributed by atoms with E-state index in [9.17, 15) is 9.59 Å². The highest BCUT2D eigenvalue weighted by Gasteiger charge is 2.52. The molecule has 0 N–H and O–H groups in total. The minimum absolute atomic E-state index is 0.307. The third-order valence-electron chi connectivity index (χ3n) is 7.98. The second kappa shape index (κ2) is 6.29. The number of aldehydes is 1. The lowest BCUT2D eigenvalue weighted by atomic mass is 9.53. The van der Waals surface area contributed by atoms with Crippen LogP contribution >= 0.6 is 0 Å². The predicted octanol–water partition coefficient (Wildman–Crippen LogP) is 5.79. The second-order valence-electron chi connectivity index (χ2n) is 9.41. The van der Waals surface area contributed by atoms with Gasteiger partial charge >= 0.3 is 0 Å². The van der Waals surface area contributed by atoms with Crippen LogP contribution in [0.1, 0.15) is 80.1 Å². The molecule has 0 spiro atoms. The van der Waals surface area contributed by atoms with Crippen molar-refractivity contribution in [3.8, 4) is 0 Å². The molecule has 0 radical (unpaired) electrons. The molecule has 2 fully saturated rings. The number of allylic oxidation sites excluding steroid dienone is 4. The zero-order valence-corrected chi connectivity index (χ0v) is 16.2. The van der Waals surface area contributed by atoms with E-state index >= 15 is 0 Å². The molecule has 0 aliphatic heterocycles. The number of benzene rings is 1. The number of ketones is 1. The summed E-state index contributed by atoms with van der Waals surface area (Å²) >= 11 is 0. The molecule has 2 heteroatoms. The van der Waals surface area contributed by atoms with Gasteiger partial charge in [0.05, 0.1) is 0 Å². The molecular weight excluding hydrogens is 332 g/mol. The van der Waals surface area contributed by atoms with Gasteiger partial charge in [-0.2, -0.15) is 0 Å². The smallest absolute Gasteiger partial charge is 0.156 e. The van der Waals surface area contributed by atoms with Gasteiger partial charge in [-0.25, -0.2) is 0 Å². The molecule has 0 saturated heterocycles. The van der Waals surface area contributed by atoms with Crippen LogP contribution in [0, 0.1) is 17.3 Å². The highest BCUT2D eigenvalue weighted by Crippen LogP contribution is 2.63. The summed E-state index contributed by atoms with van der Waals surface area (Å²) in [5, 5.41) is 0. The van der Waals surface area contributed by atoms with E-state index in [2.05, 4.69) is 19.1 Å². The second-order valence-corrected chi connectivity index (χ2v) is 9.41. The van der Waals surface area contributed by atoms with Crippen molar-refractivity contribution in [2.24, 2.45) is 17.3 Å². The molecule has 0 aromatic heterocycles. The Morgan fingerprint density at radius 1 is 1.07 bits per heavy atom. The number of hydrogen-bond acceptors (Lipinski definition) is 2. The third-order valence-corrected chi connectivity index (χ3v) is 7.98. The first-order valence-corrected chi connectivity index (χ1v) is 10.6. The monoisotopic (exact) mass is 360 g/mol. The predicted molar refractivity (Wildman–Crippen MR) is 107 cm³/mol. The molecule has 0 bridgehead atoms. The van der Waals surface area contributed by atoms with E-state index < -0.39 is 0 Å². The number of hydrogen-bond donors (Lipinski definition) is 0. The quantitative estimate of drug-likeness (QED) is 0.626. The fourth-order valence-electron chi connectivity index (χ4n) is 6.77. The van der Waals surface area contributed by atoms with Gasteiger partial charge in [0.2, 0.25) is 0 Å². The van der Waals surface area contributed by atoms with Crippen molar-refractivity contribution < 1.29 is 9.59 Å². The number of fused-ring (bicyclic) bond motifs is 4. The molecule has 140 valence electrons. The Bertz CT molecular complexity index is 857. The summed E-state index contributed by atoms with van der Waals surface area (Å²) in [5.41, 5.74) is 7.05. The summed E-state index contributed by atoms with van der Waals surface area (Å²) in [4.78, 5) is 23.1. The fourth-order valence-corrected chi connectivity index (χ4v) is 6.77. The standard InChI is InChI=1S/C25H28O2/c1-25-12-2-3-23(25)21-10-8-18-13-19(27)9-11-20(18)24(21)22(14-25)17-6-4-16(15-26)5-7-17/h4-7,13,15,21-23H,2-3,8-12,14H2,1H3/t21-,22+,23-,25-/m0/s1.